The Morgan fingerprint density at radius 1 is 1.19 bits per heavy atom. The molecule has 3 rings (SSSR count). The summed E-state index contributed by atoms with van der Waals surface area (Å²) in [7, 11) is 0. The number of ether oxygens (including phenoxy) is 1. The third-order valence-corrected chi connectivity index (χ3v) is 5.28. The minimum absolute atomic E-state index is 0.0179. The molecule has 0 saturated carbocycles. The Labute approximate surface area is 160 Å². The molecule has 0 spiro atoms. The SMILES string of the molecule is Cc1cccc(OCC(=O)N2CCC(Cc3cccc(C(N)=O)c3)C2)c1C. The summed E-state index contributed by atoms with van der Waals surface area (Å²) in [6.45, 7) is 5.56. The molecule has 2 amide bonds. The van der Waals surface area contributed by atoms with Gasteiger partial charge in [0.25, 0.3) is 5.91 Å². The van der Waals surface area contributed by atoms with E-state index in [0.29, 0.717) is 11.5 Å². The number of amides is 2. The van der Waals surface area contributed by atoms with Crippen molar-refractivity contribution in [1.82, 2.24) is 4.90 Å². The van der Waals surface area contributed by atoms with E-state index in [1.807, 2.05) is 55.1 Å². The maximum atomic E-state index is 12.5. The first-order chi connectivity index (χ1) is 12.9. The van der Waals surface area contributed by atoms with E-state index in [1.165, 1.54) is 0 Å². The van der Waals surface area contributed by atoms with Gasteiger partial charge in [-0.15, -0.1) is 0 Å². The van der Waals surface area contributed by atoms with Gasteiger partial charge in [0.15, 0.2) is 6.61 Å². The molecule has 2 aromatic carbocycles. The molecular weight excluding hydrogens is 340 g/mol. The molecule has 1 heterocycles. The zero-order chi connectivity index (χ0) is 19.4. The van der Waals surface area contributed by atoms with Gasteiger partial charge < -0.3 is 15.4 Å². The third kappa shape index (κ3) is 4.67. The minimum atomic E-state index is -0.413. The number of hydrogen-bond donors (Lipinski definition) is 1. The standard InChI is InChI=1S/C22H26N2O3/c1-15-5-3-8-20(16(15)2)27-14-21(25)24-10-9-18(13-24)11-17-6-4-7-19(12-17)22(23)26/h3-8,12,18H,9-11,13-14H2,1-2H3,(H2,23,26). The van der Waals surface area contributed by atoms with E-state index in [1.54, 1.807) is 6.07 Å². The predicted molar refractivity (Wildman–Crippen MR) is 105 cm³/mol. The van der Waals surface area contributed by atoms with E-state index in [-0.39, 0.29) is 12.5 Å². The van der Waals surface area contributed by atoms with Gasteiger partial charge in [0.2, 0.25) is 5.91 Å². The molecule has 2 N–H and O–H groups in total. The van der Waals surface area contributed by atoms with Crippen molar-refractivity contribution in [3.63, 3.8) is 0 Å². The molecule has 1 aliphatic rings. The average molecular weight is 366 g/mol. The van der Waals surface area contributed by atoms with Crippen LogP contribution in [0.25, 0.3) is 0 Å². The highest BCUT2D eigenvalue weighted by atomic mass is 16.5. The molecule has 2 aromatic rings. The van der Waals surface area contributed by atoms with Crippen molar-refractivity contribution >= 4 is 11.8 Å². The Hall–Kier alpha value is -2.82. The van der Waals surface area contributed by atoms with Gasteiger partial charge >= 0.3 is 0 Å². The van der Waals surface area contributed by atoms with Crippen LogP contribution in [0.1, 0.15) is 33.5 Å². The fraction of sp³-hybridized carbons (Fsp3) is 0.364. The second-order valence-electron chi connectivity index (χ2n) is 7.25. The van der Waals surface area contributed by atoms with Crippen LogP contribution in [0.3, 0.4) is 0 Å². The first-order valence-corrected chi connectivity index (χ1v) is 9.29. The summed E-state index contributed by atoms with van der Waals surface area (Å²) >= 11 is 0. The van der Waals surface area contributed by atoms with Crippen LogP contribution >= 0.6 is 0 Å². The minimum Gasteiger partial charge on any atom is -0.483 e. The Morgan fingerprint density at radius 3 is 2.74 bits per heavy atom. The molecule has 5 heteroatoms. The van der Waals surface area contributed by atoms with Crippen molar-refractivity contribution < 1.29 is 14.3 Å². The van der Waals surface area contributed by atoms with E-state index < -0.39 is 5.91 Å². The first-order valence-electron chi connectivity index (χ1n) is 9.29. The van der Waals surface area contributed by atoms with Gasteiger partial charge in [-0.05, 0) is 67.5 Å². The molecule has 1 fully saturated rings. The van der Waals surface area contributed by atoms with Crippen LogP contribution in [0.15, 0.2) is 42.5 Å². The molecule has 142 valence electrons. The summed E-state index contributed by atoms with van der Waals surface area (Å²) in [5, 5.41) is 0. The molecule has 0 bridgehead atoms. The van der Waals surface area contributed by atoms with Crippen LogP contribution < -0.4 is 10.5 Å². The quantitative estimate of drug-likeness (QED) is 0.854. The molecule has 1 aliphatic heterocycles. The second-order valence-corrected chi connectivity index (χ2v) is 7.25. The zero-order valence-electron chi connectivity index (χ0n) is 15.9. The lowest BCUT2D eigenvalue weighted by atomic mass is 9.97. The summed E-state index contributed by atoms with van der Waals surface area (Å²) in [5.74, 6) is 0.758. The van der Waals surface area contributed by atoms with Crippen molar-refractivity contribution in [2.75, 3.05) is 19.7 Å². The number of benzene rings is 2. The lowest BCUT2D eigenvalue weighted by Gasteiger charge is -2.18. The molecular formula is C22H26N2O3. The molecule has 0 radical (unpaired) electrons. The Morgan fingerprint density at radius 2 is 1.96 bits per heavy atom. The largest absolute Gasteiger partial charge is 0.483 e. The number of aryl methyl sites for hydroxylation is 1. The zero-order valence-corrected chi connectivity index (χ0v) is 15.9. The predicted octanol–water partition coefficient (Wildman–Crippen LogP) is 2.87. The molecule has 5 nitrogen and oxygen atoms in total. The fourth-order valence-corrected chi connectivity index (χ4v) is 3.52. The van der Waals surface area contributed by atoms with Gasteiger partial charge in [-0.1, -0.05) is 24.3 Å². The molecule has 0 aromatic heterocycles. The molecule has 27 heavy (non-hydrogen) atoms. The van der Waals surface area contributed by atoms with Crippen LogP contribution in [0.4, 0.5) is 0 Å². The summed E-state index contributed by atoms with van der Waals surface area (Å²) in [4.78, 5) is 25.7. The number of likely N-dealkylation sites (tertiary alicyclic amines) is 1. The van der Waals surface area contributed by atoms with Crippen LogP contribution in [0.5, 0.6) is 5.75 Å². The number of primary amides is 1. The van der Waals surface area contributed by atoms with Gasteiger partial charge in [0.05, 0.1) is 0 Å². The Bertz CT molecular complexity index is 847. The summed E-state index contributed by atoms with van der Waals surface area (Å²) in [5.41, 5.74) is 9.18. The highest BCUT2D eigenvalue weighted by Gasteiger charge is 2.26. The van der Waals surface area contributed by atoms with Gasteiger partial charge in [-0.2, -0.15) is 0 Å². The van der Waals surface area contributed by atoms with Crippen molar-refractivity contribution in [2.45, 2.75) is 26.7 Å². The maximum absolute atomic E-state index is 12.5. The molecule has 1 saturated heterocycles. The highest BCUT2D eigenvalue weighted by Crippen LogP contribution is 2.23. The highest BCUT2D eigenvalue weighted by molar-refractivity contribution is 5.92. The molecule has 1 unspecified atom stereocenters. The van der Waals surface area contributed by atoms with Crippen LogP contribution in [-0.2, 0) is 11.2 Å². The first kappa shape index (κ1) is 19.0. The van der Waals surface area contributed by atoms with Gasteiger partial charge in [0, 0.05) is 18.7 Å². The number of nitrogens with two attached hydrogens (primary N) is 1. The van der Waals surface area contributed by atoms with Gasteiger partial charge in [-0.25, -0.2) is 0 Å². The van der Waals surface area contributed by atoms with Crippen molar-refractivity contribution in [2.24, 2.45) is 11.7 Å². The van der Waals surface area contributed by atoms with Gasteiger partial charge in [0.1, 0.15) is 5.75 Å². The van der Waals surface area contributed by atoms with Crippen molar-refractivity contribution in [3.8, 4) is 5.75 Å². The number of carbonyl (C=O) groups is 2. The molecule has 0 aliphatic carbocycles. The summed E-state index contributed by atoms with van der Waals surface area (Å²) in [6, 6.07) is 13.3. The third-order valence-electron chi connectivity index (χ3n) is 5.28. The van der Waals surface area contributed by atoms with E-state index >= 15 is 0 Å². The van der Waals surface area contributed by atoms with Gasteiger partial charge in [-0.3, -0.25) is 9.59 Å². The van der Waals surface area contributed by atoms with Crippen LogP contribution in [0.2, 0.25) is 0 Å². The number of carbonyl (C=O) groups excluding carboxylic acids is 2. The second kappa shape index (κ2) is 8.25. The number of nitrogens with zero attached hydrogens (tertiary/aromatic N) is 1. The normalized spacial score (nSPS) is 16.4. The van der Waals surface area contributed by atoms with Crippen molar-refractivity contribution in [3.05, 3.63) is 64.7 Å². The van der Waals surface area contributed by atoms with E-state index in [4.69, 9.17) is 10.5 Å². The Balaban J connectivity index is 1.53. The lowest BCUT2D eigenvalue weighted by molar-refractivity contribution is -0.132. The number of rotatable bonds is 6. The van der Waals surface area contributed by atoms with Crippen molar-refractivity contribution in [1.29, 1.82) is 0 Å². The van der Waals surface area contributed by atoms with E-state index in [9.17, 15) is 9.59 Å². The smallest absolute Gasteiger partial charge is 0.260 e. The monoisotopic (exact) mass is 366 g/mol. The Kier molecular flexibility index (Phi) is 5.79. The number of hydrogen-bond acceptors (Lipinski definition) is 3. The maximum Gasteiger partial charge on any atom is 0.260 e. The van der Waals surface area contributed by atoms with E-state index in [0.717, 1.165) is 48.4 Å². The summed E-state index contributed by atoms with van der Waals surface area (Å²) < 4.78 is 5.74. The lowest BCUT2D eigenvalue weighted by Crippen LogP contribution is -2.33. The van der Waals surface area contributed by atoms with E-state index in [2.05, 4.69) is 0 Å². The van der Waals surface area contributed by atoms with Crippen LogP contribution in [0, 0.1) is 19.8 Å². The fourth-order valence-electron chi connectivity index (χ4n) is 3.52. The molecule has 1 atom stereocenters. The average Bonchev–Trinajstić information content (AvgIpc) is 3.11. The summed E-state index contributed by atoms with van der Waals surface area (Å²) in [6.07, 6.45) is 1.79. The topological polar surface area (TPSA) is 72.6 Å². The van der Waals surface area contributed by atoms with Crippen LogP contribution in [-0.4, -0.2) is 36.4 Å².